The number of benzene rings is 2. The third-order valence-corrected chi connectivity index (χ3v) is 4.03. The molecular formula is C19H22N2O3. The summed E-state index contributed by atoms with van der Waals surface area (Å²) in [7, 11) is 1.63. The lowest BCUT2D eigenvalue weighted by Crippen LogP contribution is -2.22. The maximum Gasteiger partial charge on any atom is 0.251 e. The van der Waals surface area contributed by atoms with Gasteiger partial charge in [-0.2, -0.15) is 0 Å². The van der Waals surface area contributed by atoms with E-state index in [1.54, 1.807) is 31.4 Å². The van der Waals surface area contributed by atoms with Gasteiger partial charge in [0.25, 0.3) is 5.91 Å². The van der Waals surface area contributed by atoms with Crippen LogP contribution < -0.4 is 15.4 Å². The highest BCUT2D eigenvalue weighted by Crippen LogP contribution is 2.17. The molecule has 0 saturated heterocycles. The molecule has 3 rings (SSSR count). The number of fused-ring (bicyclic) bond motifs is 1. The number of rotatable bonds is 7. The lowest BCUT2D eigenvalue weighted by molar-refractivity contribution is 0.0951. The highest BCUT2D eigenvalue weighted by Gasteiger charge is 2.11. The first kappa shape index (κ1) is 16.5. The van der Waals surface area contributed by atoms with Gasteiger partial charge in [0, 0.05) is 32.3 Å². The van der Waals surface area contributed by atoms with Crippen LogP contribution in [0.15, 0.2) is 42.5 Å². The molecule has 0 saturated carbocycles. The van der Waals surface area contributed by atoms with Gasteiger partial charge in [-0.15, -0.1) is 0 Å². The van der Waals surface area contributed by atoms with Gasteiger partial charge < -0.3 is 20.1 Å². The van der Waals surface area contributed by atoms with Crippen LogP contribution in [0.5, 0.6) is 5.75 Å². The summed E-state index contributed by atoms with van der Waals surface area (Å²) in [5.74, 6) is 0.645. The van der Waals surface area contributed by atoms with Gasteiger partial charge in [0.05, 0.1) is 6.61 Å². The van der Waals surface area contributed by atoms with Crippen molar-refractivity contribution in [2.45, 2.75) is 19.6 Å². The molecule has 0 fully saturated rings. The van der Waals surface area contributed by atoms with E-state index in [4.69, 9.17) is 9.47 Å². The van der Waals surface area contributed by atoms with E-state index in [9.17, 15) is 4.79 Å². The lowest BCUT2D eigenvalue weighted by atomic mass is 10.1. The summed E-state index contributed by atoms with van der Waals surface area (Å²) in [4.78, 5) is 12.2. The van der Waals surface area contributed by atoms with E-state index in [-0.39, 0.29) is 5.91 Å². The largest absolute Gasteiger partial charge is 0.491 e. The van der Waals surface area contributed by atoms with Crippen LogP contribution in [0.1, 0.15) is 27.0 Å². The molecule has 5 heteroatoms. The quantitative estimate of drug-likeness (QED) is 0.766. The van der Waals surface area contributed by atoms with Crippen LogP contribution in [-0.2, 0) is 24.4 Å². The van der Waals surface area contributed by atoms with Crippen molar-refractivity contribution in [2.24, 2.45) is 0 Å². The second-order valence-corrected chi connectivity index (χ2v) is 5.75. The number of ether oxygens (including phenoxy) is 2. The number of methoxy groups -OCH3 is 1. The Morgan fingerprint density at radius 1 is 1.08 bits per heavy atom. The maximum absolute atomic E-state index is 12.2. The second-order valence-electron chi connectivity index (χ2n) is 5.75. The Kier molecular flexibility index (Phi) is 5.46. The molecule has 0 aliphatic carbocycles. The fourth-order valence-electron chi connectivity index (χ4n) is 2.69. The number of hydrogen-bond acceptors (Lipinski definition) is 4. The second kappa shape index (κ2) is 7.95. The van der Waals surface area contributed by atoms with Crippen LogP contribution in [0.4, 0.5) is 0 Å². The summed E-state index contributed by atoms with van der Waals surface area (Å²) in [6.07, 6.45) is 0. The summed E-state index contributed by atoms with van der Waals surface area (Å²) in [6.45, 7) is 3.40. The SMILES string of the molecule is COCCOc1ccc(C(=O)NCc2ccc3c(c2)CNC3)cc1. The third kappa shape index (κ3) is 4.13. The van der Waals surface area contributed by atoms with E-state index in [0.29, 0.717) is 25.3 Å². The standard InChI is InChI=1S/C19H22N2O3/c1-23-8-9-24-18-6-4-15(5-7-18)19(22)21-11-14-2-3-16-12-20-13-17(16)10-14/h2-7,10,20H,8-9,11-13H2,1H3,(H,21,22). The van der Waals surface area contributed by atoms with Gasteiger partial charge in [0.1, 0.15) is 12.4 Å². The van der Waals surface area contributed by atoms with Gasteiger partial charge in [0.2, 0.25) is 0 Å². The molecule has 0 aromatic heterocycles. The van der Waals surface area contributed by atoms with Crippen molar-refractivity contribution in [1.29, 1.82) is 0 Å². The zero-order valence-corrected chi connectivity index (χ0v) is 13.8. The molecule has 5 nitrogen and oxygen atoms in total. The van der Waals surface area contributed by atoms with E-state index >= 15 is 0 Å². The highest BCUT2D eigenvalue weighted by molar-refractivity contribution is 5.94. The summed E-state index contributed by atoms with van der Waals surface area (Å²) in [6, 6.07) is 13.5. The van der Waals surface area contributed by atoms with Crippen LogP contribution >= 0.6 is 0 Å². The van der Waals surface area contributed by atoms with E-state index in [0.717, 1.165) is 24.4 Å². The Labute approximate surface area is 142 Å². The van der Waals surface area contributed by atoms with Crippen LogP contribution in [0.3, 0.4) is 0 Å². The van der Waals surface area contributed by atoms with Gasteiger partial charge in [-0.3, -0.25) is 4.79 Å². The monoisotopic (exact) mass is 326 g/mol. The number of nitrogens with one attached hydrogen (secondary N) is 2. The molecule has 0 bridgehead atoms. The Morgan fingerprint density at radius 3 is 2.67 bits per heavy atom. The summed E-state index contributed by atoms with van der Waals surface area (Å²) >= 11 is 0. The smallest absolute Gasteiger partial charge is 0.251 e. The molecular weight excluding hydrogens is 304 g/mol. The maximum atomic E-state index is 12.2. The summed E-state index contributed by atoms with van der Waals surface area (Å²) < 4.78 is 10.4. The van der Waals surface area contributed by atoms with Gasteiger partial charge in [0.15, 0.2) is 0 Å². The Bertz CT molecular complexity index is 698. The van der Waals surface area contributed by atoms with E-state index < -0.39 is 0 Å². The van der Waals surface area contributed by atoms with Crippen LogP contribution in [0, 0.1) is 0 Å². The molecule has 1 heterocycles. The van der Waals surface area contributed by atoms with E-state index in [1.165, 1.54) is 11.1 Å². The van der Waals surface area contributed by atoms with E-state index in [1.807, 2.05) is 0 Å². The highest BCUT2D eigenvalue weighted by atomic mass is 16.5. The first-order chi connectivity index (χ1) is 11.8. The van der Waals surface area contributed by atoms with Gasteiger partial charge in [-0.25, -0.2) is 0 Å². The molecule has 2 aromatic rings. The summed E-state index contributed by atoms with van der Waals surface area (Å²) in [5.41, 5.74) is 4.40. The molecule has 0 radical (unpaired) electrons. The van der Waals surface area contributed by atoms with Crippen molar-refractivity contribution in [2.75, 3.05) is 20.3 Å². The van der Waals surface area contributed by atoms with Crippen molar-refractivity contribution < 1.29 is 14.3 Å². The summed E-state index contributed by atoms with van der Waals surface area (Å²) in [5, 5.41) is 6.28. The zero-order valence-electron chi connectivity index (χ0n) is 13.8. The molecule has 0 atom stereocenters. The third-order valence-electron chi connectivity index (χ3n) is 4.03. The zero-order chi connectivity index (χ0) is 16.8. The van der Waals surface area contributed by atoms with Crippen LogP contribution in [0.2, 0.25) is 0 Å². The minimum Gasteiger partial charge on any atom is -0.491 e. The fraction of sp³-hybridized carbons (Fsp3) is 0.316. The molecule has 0 spiro atoms. The first-order valence-electron chi connectivity index (χ1n) is 8.07. The Balaban J connectivity index is 1.53. The van der Waals surface area contributed by atoms with Crippen LogP contribution in [-0.4, -0.2) is 26.2 Å². The molecule has 2 N–H and O–H groups in total. The van der Waals surface area contributed by atoms with Gasteiger partial charge in [-0.1, -0.05) is 18.2 Å². The van der Waals surface area contributed by atoms with Crippen molar-refractivity contribution in [3.63, 3.8) is 0 Å². The van der Waals surface area contributed by atoms with Gasteiger partial charge in [-0.05, 0) is 41.0 Å². The predicted molar refractivity (Wildman–Crippen MR) is 92.0 cm³/mol. The lowest BCUT2D eigenvalue weighted by Gasteiger charge is -2.09. The number of hydrogen-bond donors (Lipinski definition) is 2. The fourth-order valence-corrected chi connectivity index (χ4v) is 2.69. The average Bonchev–Trinajstić information content (AvgIpc) is 3.08. The molecule has 1 aliphatic heterocycles. The van der Waals surface area contributed by atoms with E-state index in [2.05, 4.69) is 28.8 Å². The van der Waals surface area contributed by atoms with Crippen molar-refractivity contribution in [1.82, 2.24) is 10.6 Å². The van der Waals surface area contributed by atoms with Crippen molar-refractivity contribution in [3.05, 3.63) is 64.7 Å². The topological polar surface area (TPSA) is 59.6 Å². The molecule has 126 valence electrons. The average molecular weight is 326 g/mol. The minimum absolute atomic E-state index is 0.0861. The molecule has 24 heavy (non-hydrogen) atoms. The minimum atomic E-state index is -0.0861. The number of carbonyl (C=O) groups is 1. The Morgan fingerprint density at radius 2 is 1.88 bits per heavy atom. The molecule has 2 aromatic carbocycles. The molecule has 1 aliphatic rings. The van der Waals surface area contributed by atoms with Crippen LogP contribution in [0.25, 0.3) is 0 Å². The first-order valence-corrected chi connectivity index (χ1v) is 8.07. The van der Waals surface area contributed by atoms with Crippen molar-refractivity contribution in [3.8, 4) is 5.75 Å². The van der Waals surface area contributed by atoms with Gasteiger partial charge >= 0.3 is 0 Å². The number of amides is 1. The molecule has 0 unspecified atom stereocenters. The predicted octanol–water partition coefficient (Wildman–Crippen LogP) is 2.25. The normalized spacial score (nSPS) is 12.7. The Hall–Kier alpha value is -2.37. The molecule has 1 amide bonds. The number of carbonyl (C=O) groups excluding carboxylic acids is 1. The van der Waals surface area contributed by atoms with Crippen molar-refractivity contribution >= 4 is 5.91 Å².